The largest absolute Gasteiger partial charge is 0.484 e. The number of carbonyl (C=O) groups excluding carboxylic acids is 3. The topological polar surface area (TPSA) is 106 Å². The second-order valence-electron chi connectivity index (χ2n) is 6.51. The van der Waals surface area contributed by atoms with Gasteiger partial charge in [0.25, 0.3) is 5.91 Å². The summed E-state index contributed by atoms with van der Waals surface area (Å²) in [4.78, 5) is 35.5. The van der Waals surface area contributed by atoms with Crippen LogP contribution in [-0.2, 0) is 14.3 Å². The number of aryl methyl sites for hydroxylation is 1. The Morgan fingerprint density at radius 2 is 1.63 bits per heavy atom. The normalized spacial score (nSPS) is 10.8. The molecule has 0 heterocycles. The quantitative estimate of drug-likeness (QED) is 0.375. The van der Waals surface area contributed by atoms with Crippen molar-refractivity contribution >= 4 is 29.2 Å². The number of amides is 2. The summed E-state index contributed by atoms with van der Waals surface area (Å²) in [6.45, 7) is 5.44. The number of nitrogens with one attached hydrogen (secondary N) is 2. The maximum atomic E-state index is 12.1. The molecule has 0 fully saturated rings. The minimum atomic E-state index is -0.426. The summed E-state index contributed by atoms with van der Waals surface area (Å²) in [5, 5.41) is 6.61. The highest BCUT2D eigenvalue weighted by molar-refractivity contribution is 6.05. The minimum Gasteiger partial charge on any atom is -0.484 e. The summed E-state index contributed by atoms with van der Waals surface area (Å²) in [5.41, 5.74) is 4.83. The number of nitrogens with zero attached hydrogens (tertiary/aromatic N) is 1. The fourth-order valence-electron chi connectivity index (χ4n) is 2.35. The molecule has 0 saturated carbocycles. The number of hydrogen-bond acceptors (Lipinski definition) is 6. The van der Waals surface area contributed by atoms with Crippen LogP contribution < -0.4 is 15.5 Å². The molecular formula is C22H25N3O5. The SMILES string of the molecule is CCOC(=O)c1ccc(NC(=O)C/C(C)=N\NC(=O)COc2ccc(C)cc2)cc1. The molecule has 0 spiro atoms. The fraction of sp³-hybridized carbons (Fsp3) is 0.273. The van der Waals surface area contributed by atoms with Crippen molar-refractivity contribution in [1.29, 1.82) is 0 Å². The van der Waals surface area contributed by atoms with Gasteiger partial charge in [0, 0.05) is 11.4 Å². The molecule has 0 radical (unpaired) electrons. The predicted octanol–water partition coefficient (Wildman–Crippen LogP) is 3.07. The Morgan fingerprint density at radius 1 is 0.967 bits per heavy atom. The number of ether oxygens (including phenoxy) is 2. The van der Waals surface area contributed by atoms with Crippen LogP contribution in [-0.4, -0.2) is 36.7 Å². The zero-order valence-corrected chi connectivity index (χ0v) is 17.2. The van der Waals surface area contributed by atoms with Gasteiger partial charge in [-0.1, -0.05) is 17.7 Å². The first-order valence-electron chi connectivity index (χ1n) is 9.46. The molecule has 2 N–H and O–H groups in total. The van der Waals surface area contributed by atoms with Gasteiger partial charge in [-0.15, -0.1) is 0 Å². The molecule has 0 unspecified atom stereocenters. The second-order valence-corrected chi connectivity index (χ2v) is 6.51. The number of rotatable bonds is 9. The van der Waals surface area contributed by atoms with E-state index in [-0.39, 0.29) is 18.9 Å². The Balaban J connectivity index is 1.76. The minimum absolute atomic E-state index is 0.00126. The van der Waals surface area contributed by atoms with E-state index in [0.717, 1.165) is 5.56 Å². The van der Waals surface area contributed by atoms with Crippen molar-refractivity contribution < 1.29 is 23.9 Å². The van der Waals surface area contributed by atoms with E-state index in [1.54, 1.807) is 50.2 Å². The monoisotopic (exact) mass is 411 g/mol. The van der Waals surface area contributed by atoms with E-state index in [2.05, 4.69) is 15.8 Å². The van der Waals surface area contributed by atoms with Crippen molar-refractivity contribution in [1.82, 2.24) is 5.43 Å². The van der Waals surface area contributed by atoms with Crippen LogP contribution in [0.2, 0.25) is 0 Å². The van der Waals surface area contributed by atoms with Gasteiger partial charge < -0.3 is 14.8 Å². The number of esters is 1. The number of benzene rings is 2. The molecule has 0 saturated heterocycles. The summed E-state index contributed by atoms with van der Waals surface area (Å²) in [5.74, 6) is -0.555. The lowest BCUT2D eigenvalue weighted by Gasteiger charge is -2.07. The number of anilines is 1. The molecule has 0 aliphatic rings. The third kappa shape index (κ3) is 7.75. The van der Waals surface area contributed by atoms with Crippen LogP contribution in [0.5, 0.6) is 5.75 Å². The summed E-state index contributed by atoms with van der Waals surface area (Å²) in [6.07, 6.45) is -0.00126. The van der Waals surface area contributed by atoms with Gasteiger partial charge >= 0.3 is 5.97 Å². The first kappa shape index (κ1) is 22.6. The molecule has 8 heteroatoms. The smallest absolute Gasteiger partial charge is 0.338 e. The third-order valence-electron chi connectivity index (χ3n) is 3.86. The highest BCUT2D eigenvalue weighted by atomic mass is 16.5. The van der Waals surface area contributed by atoms with E-state index in [0.29, 0.717) is 29.3 Å². The molecule has 0 aliphatic carbocycles. The van der Waals surface area contributed by atoms with Crippen molar-refractivity contribution in [3.63, 3.8) is 0 Å². The maximum Gasteiger partial charge on any atom is 0.338 e. The molecule has 0 aliphatic heterocycles. The van der Waals surface area contributed by atoms with Gasteiger partial charge in [-0.25, -0.2) is 10.2 Å². The standard InChI is InChI=1S/C22H25N3O5/c1-4-29-22(28)17-7-9-18(10-8-17)23-20(26)13-16(3)24-25-21(27)14-30-19-11-5-15(2)6-12-19/h5-12H,4,13-14H2,1-3H3,(H,23,26)(H,25,27)/b24-16-. The number of carbonyl (C=O) groups is 3. The van der Waals surface area contributed by atoms with Gasteiger partial charge in [-0.05, 0) is 57.2 Å². The Hall–Kier alpha value is -3.68. The van der Waals surface area contributed by atoms with Crippen molar-refractivity contribution in [3.8, 4) is 5.75 Å². The van der Waals surface area contributed by atoms with Crippen molar-refractivity contribution in [3.05, 3.63) is 59.7 Å². The number of hydrazone groups is 1. The first-order valence-corrected chi connectivity index (χ1v) is 9.46. The molecule has 158 valence electrons. The van der Waals surface area contributed by atoms with Crippen LogP contribution in [0.25, 0.3) is 0 Å². The van der Waals surface area contributed by atoms with Gasteiger partial charge in [-0.2, -0.15) is 5.10 Å². The molecule has 2 aromatic rings. The van der Waals surface area contributed by atoms with Crippen molar-refractivity contribution in [2.45, 2.75) is 27.2 Å². The average molecular weight is 411 g/mol. The molecule has 0 aromatic heterocycles. The lowest BCUT2D eigenvalue weighted by atomic mass is 10.2. The Labute approximate surface area is 175 Å². The van der Waals surface area contributed by atoms with E-state index in [1.807, 2.05) is 19.1 Å². The molecule has 0 atom stereocenters. The van der Waals surface area contributed by atoms with Gasteiger partial charge in [0.15, 0.2) is 6.61 Å². The highest BCUT2D eigenvalue weighted by Gasteiger charge is 2.09. The van der Waals surface area contributed by atoms with Gasteiger partial charge in [0.05, 0.1) is 18.6 Å². The molecule has 0 bridgehead atoms. The van der Waals surface area contributed by atoms with E-state index in [9.17, 15) is 14.4 Å². The van der Waals surface area contributed by atoms with Crippen LogP contribution in [0, 0.1) is 6.92 Å². The Bertz CT molecular complexity index is 905. The summed E-state index contributed by atoms with van der Waals surface area (Å²) < 4.78 is 10.3. The van der Waals surface area contributed by atoms with E-state index in [1.165, 1.54) is 0 Å². The summed E-state index contributed by atoms with van der Waals surface area (Å²) in [6, 6.07) is 13.7. The Morgan fingerprint density at radius 3 is 2.27 bits per heavy atom. The fourth-order valence-corrected chi connectivity index (χ4v) is 2.35. The highest BCUT2D eigenvalue weighted by Crippen LogP contribution is 2.12. The van der Waals surface area contributed by atoms with Gasteiger partial charge in [0.1, 0.15) is 5.75 Å². The molecule has 2 rings (SSSR count). The summed E-state index contributed by atoms with van der Waals surface area (Å²) >= 11 is 0. The van der Waals surface area contributed by atoms with Crippen LogP contribution in [0.4, 0.5) is 5.69 Å². The van der Waals surface area contributed by atoms with Crippen molar-refractivity contribution in [2.75, 3.05) is 18.5 Å². The maximum absolute atomic E-state index is 12.1. The predicted molar refractivity (Wildman–Crippen MR) is 114 cm³/mol. The zero-order chi connectivity index (χ0) is 21.9. The van der Waals surface area contributed by atoms with Crippen LogP contribution in [0.3, 0.4) is 0 Å². The van der Waals surface area contributed by atoms with Crippen LogP contribution >= 0.6 is 0 Å². The van der Waals surface area contributed by atoms with Gasteiger partial charge in [-0.3, -0.25) is 9.59 Å². The van der Waals surface area contributed by atoms with E-state index < -0.39 is 11.9 Å². The molecule has 30 heavy (non-hydrogen) atoms. The lowest BCUT2D eigenvalue weighted by Crippen LogP contribution is -2.26. The first-order chi connectivity index (χ1) is 14.4. The van der Waals surface area contributed by atoms with Crippen LogP contribution in [0.15, 0.2) is 53.6 Å². The lowest BCUT2D eigenvalue weighted by molar-refractivity contribution is -0.123. The van der Waals surface area contributed by atoms with E-state index >= 15 is 0 Å². The zero-order valence-electron chi connectivity index (χ0n) is 17.2. The molecule has 2 aromatic carbocycles. The molecule has 2 amide bonds. The molecular weight excluding hydrogens is 386 g/mol. The Kier molecular flexibility index (Phi) is 8.56. The second kappa shape index (κ2) is 11.4. The third-order valence-corrected chi connectivity index (χ3v) is 3.86. The van der Waals surface area contributed by atoms with Crippen LogP contribution in [0.1, 0.15) is 36.2 Å². The van der Waals surface area contributed by atoms with E-state index in [4.69, 9.17) is 9.47 Å². The average Bonchev–Trinajstić information content (AvgIpc) is 2.72. The van der Waals surface area contributed by atoms with Crippen molar-refractivity contribution in [2.24, 2.45) is 5.10 Å². The van der Waals surface area contributed by atoms with Gasteiger partial charge in [0.2, 0.25) is 5.91 Å². The summed E-state index contributed by atoms with van der Waals surface area (Å²) in [7, 11) is 0. The molecule has 8 nitrogen and oxygen atoms in total. The number of hydrogen-bond donors (Lipinski definition) is 2.